The normalized spacial score (nSPS) is 24.2. The van der Waals surface area contributed by atoms with Crippen LogP contribution in [0.3, 0.4) is 0 Å². The Bertz CT molecular complexity index is 551. The summed E-state index contributed by atoms with van der Waals surface area (Å²) < 4.78 is 1.84. The highest BCUT2D eigenvalue weighted by molar-refractivity contribution is 5.91. The summed E-state index contributed by atoms with van der Waals surface area (Å²) in [5.74, 6) is -0.0395. The molecule has 23 heavy (non-hydrogen) atoms. The van der Waals surface area contributed by atoms with Gasteiger partial charge in [0.25, 0.3) is 0 Å². The number of piperidine rings is 1. The van der Waals surface area contributed by atoms with Gasteiger partial charge in [0.05, 0.1) is 6.04 Å². The van der Waals surface area contributed by atoms with Crippen molar-refractivity contribution < 1.29 is 9.59 Å². The van der Waals surface area contributed by atoms with Crippen molar-refractivity contribution in [2.45, 2.75) is 63.5 Å². The molecule has 1 N–H and O–H groups in total. The van der Waals surface area contributed by atoms with E-state index in [1.54, 1.807) is 6.33 Å². The highest BCUT2D eigenvalue weighted by atomic mass is 16.2. The van der Waals surface area contributed by atoms with Gasteiger partial charge < -0.3 is 10.2 Å². The number of carbonyl (C=O) groups excluding carboxylic acids is 2. The van der Waals surface area contributed by atoms with E-state index in [0.29, 0.717) is 6.54 Å². The summed E-state index contributed by atoms with van der Waals surface area (Å²) >= 11 is 0. The molecular weight excluding hydrogens is 294 g/mol. The monoisotopic (exact) mass is 319 g/mol. The largest absolute Gasteiger partial charge is 0.342 e. The van der Waals surface area contributed by atoms with Crippen LogP contribution >= 0.6 is 0 Å². The van der Waals surface area contributed by atoms with E-state index in [2.05, 4.69) is 15.4 Å². The van der Waals surface area contributed by atoms with E-state index in [-0.39, 0.29) is 17.9 Å². The molecule has 2 heterocycles. The van der Waals surface area contributed by atoms with Gasteiger partial charge in [-0.05, 0) is 25.7 Å². The summed E-state index contributed by atoms with van der Waals surface area (Å²) in [6.07, 6.45) is 9.80. The van der Waals surface area contributed by atoms with Gasteiger partial charge in [0.1, 0.15) is 18.2 Å². The van der Waals surface area contributed by atoms with Crippen molar-refractivity contribution in [3.63, 3.8) is 0 Å². The predicted molar refractivity (Wildman–Crippen MR) is 84.5 cm³/mol. The number of hydrogen-bond acceptors (Lipinski definition) is 4. The molecule has 1 saturated carbocycles. The van der Waals surface area contributed by atoms with Gasteiger partial charge in [0, 0.05) is 20.0 Å². The second-order valence-electron chi connectivity index (χ2n) is 6.75. The third kappa shape index (κ3) is 3.38. The summed E-state index contributed by atoms with van der Waals surface area (Å²) in [5, 5.41) is 7.19. The predicted octanol–water partition coefficient (Wildman–Crippen LogP) is 1.28. The standard InChI is InChI=1S/C16H25N5O2/c1-13(22)19-16(7-3-2-4-8-16)15(23)20-9-5-6-14(10-20)21-12-17-11-18-21/h11-12,14H,2-10H2,1H3,(H,19,22). The third-order valence-corrected chi connectivity index (χ3v) is 5.03. The molecule has 2 amide bonds. The van der Waals surface area contributed by atoms with E-state index in [4.69, 9.17) is 0 Å². The van der Waals surface area contributed by atoms with Crippen LogP contribution in [0.1, 0.15) is 57.9 Å². The molecule has 1 aromatic rings. The SMILES string of the molecule is CC(=O)NC1(C(=O)N2CCCC(n3cncn3)C2)CCCCC1. The second kappa shape index (κ2) is 6.68. The molecule has 0 radical (unpaired) electrons. The number of carbonyl (C=O) groups is 2. The van der Waals surface area contributed by atoms with Crippen molar-refractivity contribution in [3.8, 4) is 0 Å². The fourth-order valence-electron chi connectivity index (χ4n) is 3.95. The maximum absolute atomic E-state index is 13.2. The number of nitrogens with one attached hydrogen (secondary N) is 1. The van der Waals surface area contributed by atoms with E-state index in [1.807, 2.05) is 9.58 Å². The Kier molecular flexibility index (Phi) is 4.63. The average Bonchev–Trinajstić information content (AvgIpc) is 3.09. The maximum Gasteiger partial charge on any atom is 0.248 e. The van der Waals surface area contributed by atoms with E-state index in [0.717, 1.165) is 51.5 Å². The van der Waals surface area contributed by atoms with Crippen molar-refractivity contribution >= 4 is 11.8 Å². The van der Waals surface area contributed by atoms with Crippen molar-refractivity contribution in [2.24, 2.45) is 0 Å². The van der Waals surface area contributed by atoms with Crippen LogP contribution in [-0.2, 0) is 9.59 Å². The van der Waals surface area contributed by atoms with Crippen LogP contribution in [0.5, 0.6) is 0 Å². The summed E-state index contributed by atoms with van der Waals surface area (Å²) in [4.78, 5) is 30.8. The zero-order valence-corrected chi connectivity index (χ0v) is 13.7. The van der Waals surface area contributed by atoms with Crippen molar-refractivity contribution in [1.82, 2.24) is 25.0 Å². The van der Waals surface area contributed by atoms with E-state index in [9.17, 15) is 9.59 Å². The molecule has 2 aliphatic rings. The smallest absolute Gasteiger partial charge is 0.248 e. The number of likely N-dealkylation sites (tertiary alicyclic amines) is 1. The fraction of sp³-hybridized carbons (Fsp3) is 0.750. The van der Waals surface area contributed by atoms with Crippen LogP contribution in [0.2, 0.25) is 0 Å². The van der Waals surface area contributed by atoms with Crippen LogP contribution in [0, 0.1) is 0 Å². The first-order valence-electron chi connectivity index (χ1n) is 8.53. The molecule has 1 aliphatic heterocycles. The fourth-order valence-corrected chi connectivity index (χ4v) is 3.95. The minimum atomic E-state index is -0.700. The van der Waals surface area contributed by atoms with Crippen molar-refractivity contribution in [1.29, 1.82) is 0 Å². The Morgan fingerprint density at radius 2 is 2.00 bits per heavy atom. The second-order valence-corrected chi connectivity index (χ2v) is 6.75. The quantitative estimate of drug-likeness (QED) is 0.910. The molecule has 7 nitrogen and oxygen atoms in total. The molecule has 1 saturated heterocycles. The van der Waals surface area contributed by atoms with Gasteiger partial charge >= 0.3 is 0 Å². The molecule has 7 heteroatoms. The van der Waals surface area contributed by atoms with E-state index >= 15 is 0 Å². The summed E-state index contributed by atoms with van der Waals surface area (Å²) in [6.45, 7) is 2.90. The van der Waals surface area contributed by atoms with Crippen molar-refractivity contribution in [3.05, 3.63) is 12.7 Å². The summed E-state index contributed by atoms with van der Waals surface area (Å²) in [7, 11) is 0. The van der Waals surface area contributed by atoms with Gasteiger partial charge in [-0.25, -0.2) is 9.67 Å². The Hall–Kier alpha value is -1.92. The number of aromatic nitrogens is 3. The lowest BCUT2D eigenvalue weighted by atomic mass is 9.80. The highest BCUT2D eigenvalue weighted by Crippen LogP contribution is 2.32. The zero-order valence-electron chi connectivity index (χ0n) is 13.7. The van der Waals surface area contributed by atoms with Gasteiger partial charge in [0.15, 0.2) is 0 Å². The van der Waals surface area contributed by atoms with Crippen LogP contribution in [-0.4, -0.2) is 50.1 Å². The average molecular weight is 319 g/mol. The molecule has 0 spiro atoms. The highest BCUT2D eigenvalue weighted by Gasteiger charge is 2.43. The number of rotatable bonds is 3. The Morgan fingerprint density at radius 1 is 1.22 bits per heavy atom. The van der Waals surface area contributed by atoms with E-state index < -0.39 is 5.54 Å². The molecule has 2 fully saturated rings. The zero-order chi connectivity index (χ0) is 16.3. The Labute approximate surface area is 136 Å². The van der Waals surface area contributed by atoms with Crippen LogP contribution in [0.4, 0.5) is 0 Å². The third-order valence-electron chi connectivity index (χ3n) is 5.03. The molecule has 1 aliphatic carbocycles. The lowest BCUT2D eigenvalue weighted by Gasteiger charge is -2.42. The maximum atomic E-state index is 13.2. The van der Waals surface area contributed by atoms with Crippen molar-refractivity contribution in [2.75, 3.05) is 13.1 Å². The molecule has 1 unspecified atom stereocenters. The minimum absolute atomic E-state index is 0.0808. The molecule has 1 aromatic heterocycles. The molecule has 3 rings (SSSR count). The van der Waals surface area contributed by atoms with Gasteiger partial charge in [-0.15, -0.1) is 0 Å². The van der Waals surface area contributed by atoms with Gasteiger partial charge in [-0.2, -0.15) is 5.10 Å². The van der Waals surface area contributed by atoms with Gasteiger partial charge in [0.2, 0.25) is 11.8 Å². The molecular formula is C16H25N5O2. The molecule has 1 atom stereocenters. The first-order valence-corrected chi connectivity index (χ1v) is 8.53. The Balaban J connectivity index is 1.75. The van der Waals surface area contributed by atoms with E-state index in [1.165, 1.54) is 13.3 Å². The van der Waals surface area contributed by atoms with Gasteiger partial charge in [-0.3, -0.25) is 9.59 Å². The van der Waals surface area contributed by atoms with Crippen LogP contribution in [0.15, 0.2) is 12.7 Å². The van der Waals surface area contributed by atoms with Gasteiger partial charge in [-0.1, -0.05) is 19.3 Å². The number of nitrogens with zero attached hydrogens (tertiary/aromatic N) is 4. The first kappa shape index (κ1) is 16.0. The molecule has 126 valence electrons. The lowest BCUT2D eigenvalue weighted by molar-refractivity contribution is -0.144. The lowest BCUT2D eigenvalue weighted by Crippen LogP contribution is -2.61. The van der Waals surface area contributed by atoms with Crippen LogP contribution in [0.25, 0.3) is 0 Å². The topological polar surface area (TPSA) is 80.1 Å². The summed E-state index contributed by atoms with van der Waals surface area (Å²) in [6, 6.07) is 0.174. The molecule has 0 aromatic carbocycles. The number of amides is 2. The Morgan fingerprint density at radius 3 is 2.65 bits per heavy atom. The first-order chi connectivity index (χ1) is 11.1. The summed E-state index contributed by atoms with van der Waals surface area (Å²) in [5.41, 5.74) is -0.700. The number of hydrogen-bond donors (Lipinski definition) is 1. The van der Waals surface area contributed by atoms with Crippen LogP contribution < -0.4 is 5.32 Å². The minimum Gasteiger partial charge on any atom is -0.342 e. The molecule has 0 bridgehead atoms.